The van der Waals surface area contributed by atoms with Crippen LogP contribution in [0.5, 0.6) is 0 Å². The molecule has 0 saturated heterocycles. The van der Waals surface area contributed by atoms with Gasteiger partial charge in [0.15, 0.2) is 11.5 Å². The Bertz CT molecular complexity index is 1770. The van der Waals surface area contributed by atoms with E-state index in [9.17, 15) is 0 Å². The summed E-state index contributed by atoms with van der Waals surface area (Å²) in [7, 11) is 0. The zero-order valence-electron chi connectivity index (χ0n) is 19.7. The first-order valence-electron chi connectivity index (χ1n) is 11.9. The Labute approximate surface area is 206 Å². The van der Waals surface area contributed by atoms with Crippen LogP contribution in [-0.2, 0) is 0 Å². The van der Waals surface area contributed by atoms with Crippen molar-refractivity contribution in [2.75, 3.05) is 5.32 Å². The first-order chi connectivity index (χ1) is 17.6. The van der Waals surface area contributed by atoms with Crippen molar-refractivity contribution in [3.63, 3.8) is 0 Å². The summed E-state index contributed by atoms with van der Waals surface area (Å²) < 4.78 is 1.98. The van der Waals surface area contributed by atoms with Gasteiger partial charge in [0.05, 0.1) is 46.3 Å². The van der Waals surface area contributed by atoms with Gasteiger partial charge in [-0.05, 0) is 56.0 Å². The van der Waals surface area contributed by atoms with Gasteiger partial charge in [-0.3, -0.25) is 10.1 Å². The third kappa shape index (κ3) is 3.52. The van der Waals surface area contributed by atoms with Crippen LogP contribution in [0.4, 0.5) is 5.69 Å². The second kappa shape index (κ2) is 7.88. The molecule has 3 N–H and O–H groups in total. The molecule has 5 aromatic heterocycles. The van der Waals surface area contributed by atoms with Crippen LogP contribution in [0.15, 0.2) is 73.6 Å². The third-order valence-corrected chi connectivity index (χ3v) is 6.52. The molecule has 1 aliphatic carbocycles. The Hall–Kier alpha value is -4.79. The summed E-state index contributed by atoms with van der Waals surface area (Å²) in [6, 6.07) is 12.0. The van der Waals surface area contributed by atoms with Gasteiger partial charge in [0, 0.05) is 23.7 Å². The highest BCUT2D eigenvalue weighted by atomic mass is 15.2. The van der Waals surface area contributed by atoms with E-state index >= 15 is 0 Å². The van der Waals surface area contributed by atoms with E-state index in [0.717, 1.165) is 56.1 Å². The molecule has 1 saturated carbocycles. The lowest BCUT2D eigenvalue weighted by atomic mass is 10.1. The van der Waals surface area contributed by atoms with E-state index in [1.54, 1.807) is 6.33 Å². The first kappa shape index (κ1) is 20.6. The second-order valence-electron chi connectivity index (χ2n) is 9.23. The maximum atomic E-state index is 4.94. The van der Waals surface area contributed by atoms with Gasteiger partial charge >= 0.3 is 0 Å². The number of nitrogens with one attached hydrogen (secondary N) is 3. The average molecular weight is 474 g/mol. The summed E-state index contributed by atoms with van der Waals surface area (Å²) in [4.78, 5) is 22.0. The highest BCUT2D eigenvalue weighted by Gasteiger charge is 2.24. The van der Waals surface area contributed by atoms with Crippen LogP contribution in [0.1, 0.15) is 18.5 Å². The minimum atomic E-state index is 0.568. The molecule has 0 spiro atoms. The molecule has 0 atom stereocenters. The van der Waals surface area contributed by atoms with Gasteiger partial charge in [-0.15, -0.1) is 0 Å². The van der Waals surface area contributed by atoms with Gasteiger partial charge < -0.3 is 14.9 Å². The highest BCUT2D eigenvalue weighted by Crippen LogP contribution is 2.36. The Morgan fingerprint density at radius 3 is 2.83 bits per heavy atom. The zero-order chi connectivity index (χ0) is 24.2. The SMILES string of the molecule is C=C(Nc1cncc(-c2ccc3[nH]nc(-c4nc5c(-n6cnc(C)c6)cccc5[nH]4)c3n2)c1)C1CC1. The molecule has 9 heteroatoms. The summed E-state index contributed by atoms with van der Waals surface area (Å²) in [5.74, 6) is 1.22. The minimum Gasteiger partial charge on any atom is -0.358 e. The quantitative estimate of drug-likeness (QED) is 0.299. The third-order valence-electron chi connectivity index (χ3n) is 6.52. The number of H-pyrrole nitrogens is 2. The molecule has 1 aromatic carbocycles. The van der Waals surface area contributed by atoms with Crippen LogP contribution in [0.25, 0.3) is 50.5 Å². The Morgan fingerprint density at radius 2 is 2.00 bits per heavy atom. The van der Waals surface area contributed by atoms with Crippen molar-refractivity contribution in [2.24, 2.45) is 5.92 Å². The van der Waals surface area contributed by atoms with Crippen molar-refractivity contribution >= 4 is 27.8 Å². The fraction of sp³-hybridized carbons (Fsp3) is 0.148. The lowest BCUT2D eigenvalue weighted by Gasteiger charge is -2.09. The summed E-state index contributed by atoms with van der Waals surface area (Å²) in [5, 5.41) is 11.0. The number of allylic oxidation sites excluding steroid dienone is 1. The predicted molar refractivity (Wildman–Crippen MR) is 140 cm³/mol. The van der Waals surface area contributed by atoms with Crippen LogP contribution >= 0.6 is 0 Å². The van der Waals surface area contributed by atoms with Crippen molar-refractivity contribution < 1.29 is 0 Å². The topological polar surface area (TPSA) is 113 Å². The average Bonchev–Trinajstić information content (AvgIpc) is 3.30. The number of imidazole rings is 2. The van der Waals surface area contributed by atoms with E-state index in [0.29, 0.717) is 17.4 Å². The number of hydrogen-bond acceptors (Lipinski definition) is 6. The molecule has 1 aliphatic rings. The fourth-order valence-corrected chi connectivity index (χ4v) is 4.48. The first-order valence-corrected chi connectivity index (χ1v) is 11.9. The van der Waals surface area contributed by atoms with Crippen LogP contribution < -0.4 is 5.32 Å². The van der Waals surface area contributed by atoms with Gasteiger partial charge in [-0.25, -0.2) is 15.0 Å². The van der Waals surface area contributed by atoms with Crippen molar-refractivity contribution in [1.82, 2.24) is 39.7 Å². The number of fused-ring (bicyclic) bond motifs is 2. The number of pyridine rings is 2. The lowest BCUT2D eigenvalue weighted by Crippen LogP contribution is -2.00. The zero-order valence-corrected chi connectivity index (χ0v) is 19.7. The van der Waals surface area contributed by atoms with Gasteiger partial charge in [0.1, 0.15) is 11.0 Å². The number of aromatic nitrogens is 8. The molecular weight excluding hydrogens is 450 g/mol. The molecule has 6 aromatic rings. The molecule has 0 bridgehead atoms. The summed E-state index contributed by atoms with van der Waals surface area (Å²) in [5.41, 5.74) is 9.59. The molecule has 176 valence electrons. The Kier molecular flexibility index (Phi) is 4.50. The maximum absolute atomic E-state index is 4.94. The van der Waals surface area contributed by atoms with Gasteiger partial charge in [0.25, 0.3) is 0 Å². The monoisotopic (exact) mass is 473 g/mol. The smallest absolute Gasteiger partial charge is 0.161 e. The number of para-hydroxylation sites is 1. The highest BCUT2D eigenvalue weighted by molar-refractivity contribution is 5.93. The number of aryl methyl sites for hydroxylation is 1. The van der Waals surface area contributed by atoms with E-state index in [1.807, 2.05) is 60.4 Å². The number of anilines is 1. The summed E-state index contributed by atoms with van der Waals surface area (Å²) >= 11 is 0. The van der Waals surface area contributed by atoms with E-state index < -0.39 is 0 Å². The minimum absolute atomic E-state index is 0.568. The predicted octanol–water partition coefficient (Wildman–Crippen LogP) is 5.39. The number of hydrogen-bond donors (Lipinski definition) is 3. The molecule has 1 fully saturated rings. The molecule has 0 unspecified atom stereocenters. The maximum Gasteiger partial charge on any atom is 0.161 e. The van der Waals surface area contributed by atoms with Gasteiger partial charge in [-0.2, -0.15) is 5.10 Å². The molecule has 0 aliphatic heterocycles. The molecule has 5 heterocycles. The van der Waals surface area contributed by atoms with Crippen molar-refractivity contribution in [3.8, 4) is 28.5 Å². The Balaban J connectivity index is 1.28. The molecule has 0 radical (unpaired) electrons. The number of rotatable bonds is 6. The fourth-order valence-electron chi connectivity index (χ4n) is 4.48. The standard InChI is InChI=1S/C27H23N9/c1-15-13-36(14-29-15)23-5-3-4-21-24(23)33-27(32-21)26-25-22(34-35-26)9-8-20(31-25)18-10-19(12-28-11-18)30-16(2)17-6-7-17/h3-5,8-14,17,30H,2,6-7H2,1H3,(H,32,33)(H,34,35). The molecule has 0 amide bonds. The van der Waals surface area contributed by atoms with E-state index in [1.165, 1.54) is 12.8 Å². The number of benzene rings is 1. The van der Waals surface area contributed by atoms with Crippen LogP contribution in [-0.4, -0.2) is 39.7 Å². The summed E-state index contributed by atoms with van der Waals surface area (Å²) in [6.07, 6.45) is 9.81. The Morgan fingerprint density at radius 1 is 1.08 bits per heavy atom. The van der Waals surface area contributed by atoms with Crippen molar-refractivity contribution in [3.05, 3.63) is 79.3 Å². The van der Waals surface area contributed by atoms with Crippen molar-refractivity contribution in [1.29, 1.82) is 0 Å². The van der Waals surface area contributed by atoms with E-state index in [4.69, 9.17) is 9.97 Å². The summed E-state index contributed by atoms with van der Waals surface area (Å²) in [6.45, 7) is 6.12. The number of aromatic amines is 2. The van der Waals surface area contributed by atoms with Gasteiger partial charge in [0.2, 0.25) is 0 Å². The lowest BCUT2D eigenvalue weighted by molar-refractivity contribution is 1.02. The van der Waals surface area contributed by atoms with Crippen molar-refractivity contribution in [2.45, 2.75) is 19.8 Å². The van der Waals surface area contributed by atoms with Gasteiger partial charge in [-0.1, -0.05) is 12.6 Å². The number of nitrogens with zero attached hydrogens (tertiary/aromatic N) is 6. The van der Waals surface area contributed by atoms with Crippen LogP contribution in [0, 0.1) is 12.8 Å². The van der Waals surface area contributed by atoms with Crippen LogP contribution in [0.3, 0.4) is 0 Å². The molecule has 9 nitrogen and oxygen atoms in total. The molecule has 7 rings (SSSR count). The van der Waals surface area contributed by atoms with Crippen LogP contribution in [0.2, 0.25) is 0 Å². The van der Waals surface area contributed by atoms with E-state index in [2.05, 4.69) is 43.1 Å². The van der Waals surface area contributed by atoms with E-state index in [-0.39, 0.29) is 0 Å². The largest absolute Gasteiger partial charge is 0.358 e. The second-order valence-corrected chi connectivity index (χ2v) is 9.23. The normalized spacial score (nSPS) is 13.5. The molecular formula is C27H23N9. The molecule has 36 heavy (non-hydrogen) atoms.